The number of esters is 1. The molecule has 0 fully saturated rings. The van der Waals surface area contributed by atoms with E-state index >= 15 is 0 Å². The van der Waals surface area contributed by atoms with Crippen molar-refractivity contribution in [3.8, 4) is 5.75 Å². The number of hydrogen-bond donors (Lipinski definition) is 1. The number of methoxy groups -OCH3 is 1. The van der Waals surface area contributed by atoms with Gasteiger partial charge in [-0.3, -0.25) is 0 Å². The molecule has 0 aliphatic rings. The van der Waals surface area contributed by atoms with Crippen molar-refractivity contribution in [1.29, 1.82) is 0 Å². The maximum atomic E-state index is 11.4. The summed E-state index contributed by atoms with van der Waals surface area (Å²) in [7, 11) is 1.36. The van der Waals surface area contributed by atoms with Gasteiger partial charge >= 0.3 is 5.97 Å². The first-order valence-electron chi connectivity index (χ1n) is 8.23. The van der Waals surface area contributed by atoms with Crippen LogP contribution in [0.3, 0.4) is 0 Å². The Morgan fingerprint density at radius 3 is 1.87 bits per heavy atom. The molecular weight excluding hydrogens is 288 g/mol. The maximum Gasteiger partial charge on any atom is 0.330 e. The minimum Gasteiger partial charge on any atom is -0.507 e. The van der Waals surface area contributed by atoms with E-state index in [1.807, 2.05) is 12.1 Å². The summed E-state index contributed by atoms with van der Waals surface area (Å²) in [6, 6.07) is 3.93. The average molecular weight is 318 g/mol. The second kappa shape index (κ2) is 7.20. The minimum absolute atomic E-state index is 0.141. The van der Waals surface area contributed by atoms with Crippen LogP contribution >= 0.6 is 0 Å². The SMILES string of the molecule is CCC(C)(C)c1cc(C=CC(=O)OC)cc(C(C)(C)CC)c1O. The van der Waals surface area contributed by atoms with E-state index in [0.29, 0.717) is 5.75 Å². The molecule has 0 spiro atoms. The van der Waals surface area contributed by atoms with E-state index in [1.165, 1.54) is 13.2 Å². The highest BCUT2D eigenvalue weighted by molar-refractivity contribution is 5.87. The van der Waals surface area contributed by atoms with Crippen LogP contribution in [0.25, 0.3) is 6.08 Å². The Balaban J connectivity index is 3.56. The highest BCUT2D eigenvalue weighted by atomic mass is 16.5. The number of carbonyl (C=O) groups excluding carboxylic acids is 1. The first-order chi connectivity index (χ1) is 10.6. The van der Waals surface area contributed by atoms with Crippen molar-refractivity contribution in [2.45, 2.75) is 65.2 Å². The fourth-order valence-corrected chi connectivity index (χ4v) is 2.40. The molecule has 0 bridgehead atoms. The van der Waals surface area contributed by atoms with E-state index < -0.39 is 0 Å². The highest BCUT2D eigenvalue weighted by Gasteiger charge is 2.29. The van der Waals surface area contributed by atoms with E-state index in [9.17, 15) is 9.90 Å². The van der Waals surface area contributed by atoms with Gasteiger partial charge in [-0.25, -0.2) is 4.79 Å². The van der Waals surface area contributed by atoms with Gasteiger partial charge in [0, 0.05) is 17.2 Å². The van der Waals surface area contributed by atoms with Crippen molar-refractivity contribution in [2.75, 3.05) is 7.11 Å². The molecule has 1 rings (SSSR count). The molecule has 0 saturated carbocycles. The van der Waals surface area contributed by atoms with Gasteiger partial charge in [0.05, 0.1) is 7.11 Å². The van der Waals surface area contributed by atoms with Gasteiger partial charge in [0.25, 0.3) is 0 Å². The van der Waals surface area contributed by atoms with Gasteiger partial charge in [0.2, 0.25) is 0 Å². The minimum atomic E-state index is -0.384. The molecule has 23 heavy (non-hydrogen) atoms. The molecule has 0 aliphatic carbocycles. The molecule has 3 heteroatoms. The molecule has 128 valence electrons. The quantitative estimate of drug-likeness (QED) is 0.596. The lowest BCUT2D eigenvalue weighted by Gasteiger charge is -2.31. The molecule has 3 nitrogen and oxygen atoms in total. The standard InChI is InChI=1S/C20H30O3/c1-8-19(3,4)15-12-14(10-11-17(21)23-7)13-16(18(15)22)20(5,6)9-2/h10-13,22H,8-9H2,1-7H3. The van der Waals surface area contributed by atoms with Crippen molar-refractivity contribution in [2.24, 2.45) is 0 Å². The number of phenols is 1. The Labute approximate surface area is 140 Å². The summed E-state index contributed by atoms with van der Waals surface area (Å²) >= 11 is 0. The van der Waals surface area contributed by atoms with Crippen LogP contribution in [0.15, 0.2) is 18.2 Å². The molecule has 0 saturated heterocycles. The van der Waals surface area contributed by atoms with Gasteiger partial charge in [-0.05, 0) is 47.4 Å². The monoisotopic (exact) mass is 318 g/mol. The number of aromatic hydroxyl groups is 1. The van der Waals surface area contributed by atoms with Crippen LogP contribution < -0.4 is 0 Å². The zero-order valence-corrected chi connectivity index (χ0v) is 15.5. The molecule has 1 N–H and O–H groups in total. The molecule has 0 amide bonds. The largest absolute Gasteiger partial charge is 0.507 e. The number of phenolic OH excluding ortho intramolecular Hbond substituents is 1. The van der Waals surface area contributed by atoms with Crippen molar-refractivity contribution in [3.05, 3.63) is 34.9 Å². The summed E-state index contributed by atoms with van der Waals surface area (Å²) in [6.07, 6.45) is 4.99. The molecular formula is C20H30O3. The molecule has 0 radical (unpaired) electrons. The number of carbonyl (C=O) groups is 1. The summed E-state index contributed by atoms with van der Waals surface area (Å²) in [4.78, 5) is 11.4. The normalized spacial score (nSPS) is 12.7. The van der Waals surface area contributed by atoms with Crippen LogP contribution in [0.2, 0.25) is 0 Å². The smallest absolute Gasteiger partial charge is 0.330 e. The first-order valence-corrected chi connectivity index (χ1v) is 8.23. The number of hydrogen-bond acceptors (Lipinski definition) is 3. The van der Waals surface area contributed by atoms with Gasteiger partial charge in [-0.1, -0.05) is 41.5 Å². The predicted octanol–water partition coefficient (Wildman–Crippen LogP) is 4.95. The zero-order valence-electron chi connectivity index (χ0n) is 15.5. The predicted molar refractivity (Wildman–Crippen MR) is 95.8 cm³/mol. The Bertz CT molecular complexity index is 558. The first kappa shape index (κ1) is 19.3. The van der Waals surface area contributed by atoms with Gasteiger partial charge in [-0.2, -0.15) is 0 Å². The van der Waals surface area contributed by atoms with E-state index in [2.05, 4.69) is 46.3 Å². The van der Waals surface area contributed by atoms with Gasteiger partial charge < -0.3 is 9.84 Å². The average Bonchev–Trinajstić information content (AvgIpc) is 2.52. The molecule has 0 atom stereocenters. The lowest BCUT2D eigenvalue weighted by atomic mass is 9.75. The van der Waals surface area contributed by atoms with Gasteiger partial charge in [0.1, 0.15) is 5.75 Å². The summed E-state index contributed by atoms with van der Waals surface area (Å²) in [5.74, 6) is -0.00963. The van der Waals surface area contributed by atoms with Crippen LogP contribution in [-0.4, -0.2) is 18.2 Å². The number of ether oxygens (including phenoxy) is 1. The molecule has 0 unspecified atom stereocenters. The van der Waals surface area contributed by atoms with Crippen molar-refractivity contribution in [3.63, 3.8) is 0 Å². The van der Waals surface area contributed by atoms with E-state index in [0.717, 1.165) is 29.5 Å². The second-order valence-corrected chi connectivity index (χ2v) is 7.30. The number of benzene rings is 1. The Hall–Kier alpha value is -1.77. The molecule has 0 heterocycles. The summed E-state index contributed by atoms with van der Waals surface area (Å²) in [5, 5.41) is 10.9. The van der Waals surface area contributed by atoms with Crippen LogP contribution in [0.4, 0.5) is 0 Å². The topological polar surface area (TPSA) is 46.5 Å². The summed E-state index contributed by atoms with van der Waals surface area (Å²) in [6.45, 7) is 12.7. The zero-order chi connectivity index (χ0) is 17.8. The van der Waals surface area contributed by atoms with Crippen molar-refractivity contribution in [1.82, 2.24) is 0 Å². The van der Waals surface area contributed by atoms with E-state index in [1.54, 1.807) is 6.08 Å². The number of rotatable bonds is 6. The van der Waals surface area contributed by atoms with Crippen LogP contribution in [0.1, 0.15) is 71.1 Å². The third kappa shape index (κ3) is 4.37. The van der Waals surface area contributed by atoms with Crippen molar-refractivity contribution < 1.29 is 14.6 Å². The van der Waals surface area contributed by atoms with Crippen LogP contribution in [-0.2, 0) is 20.4 Å². The third-order valence-electron chi connectivity index (χ3n) is 4.97. The fourth-order valence-electron chi connectivity index (χ4n) is 2.40. The lowest BCUT2D eigenvalue weighted by molar-refractivity contribution is -0.134. The van der Waals surface area contributed by atoms with Gasteiger partial charge in [0.15, 0.2) is 0 Å². The van der Waals surface area contributed by atoms with Gasteiger partial charge in [-0.15, -0.1) is 0 Å². The molecule has 1 aromatic carbocycles. The fraction of sp³-hybridized carbons (Fsp3) is 0.550. The Morgan fingerprint density at radius 1 is 1.09 bits per heavy atom. The maximum absolute atomic E-state index is 11.4. The molecule has 1 aromatic rings. The molecule has 0 aliphatic heterocycles. The Morgan fingerprint density at radius 2 is 1.52 bits per heavy atom. The summed E-state index contributed by atoms with van der Waals surface area (Å²) in [5.41, 5.74) is 2.46. The lowest BCUT2D eigenvalue weighted by Crippen LogP contribution is -2.21. The summed E-state index contributed by atoms with van der Waals surface area (Å²) < 4.78 is 4.66. The van der Waals surface area contributed by atoms with E-state index in [4.69, 9.17) is 0 Å². The second-order valence-electron chi connectivity index (χ2n) is 7.30. The molecule has 0 aromatic heterocycles. The van der Waals surface area contributed by atoms with Crippen LogP contribution in [0, 0.1) is 0 Å². The highest BCUT2D eigenvalue weighted by Crippen LogP contribution is 2.42. The van der Waals surface area contributed by atoms with E-state index in [-0.39, 0.29) is 16.8 Å². The van der Waals surface area contributed by atoms with Crippen LogP contribution in [0.5, 0.6) is 5.75 Å². The Kier molecular flexibility index (Phi) is 6.04. The van der Waals surface area contributed by atoms with Crippen molar-refractivity contribution >= 4 is 12.0 Å². The third-order valence-corrected chi connectivity index (χ3v) is 4.97.